The number of carbonyl (C=O) groups is 2. The lowest BCUT2D eigenvalue weighted by Crippen LogP contribution is -2.45. The van der Waals surface area contributed by atoms with E-state index in [-0.39, 0.29) is 28.1 Å². The van der Waals surface area contributed by atoms with E-state index in [9.17, 15) is 27.6 Å². The maximum absolute atomic E-state index is 15.5. The number of ether oxygens (including phenoxy) is 1. The van der Waals surface area contributed by atoms with Gasteiger partial charge in [0.05, 0.1) is 45.1 Å². The SMILES string of the molecule is Cn1c(=O)n(-c2ccc(C[C@H](NC(=O)c3cc(F)c(NS(=O)(=O)c4ccc(-c5cncnc5)cc4)cc3F)C(=O)OC3CCCCC3)nc2)c(=O)c2ccncc21. The fourth-order valence-electron chi connectivity index (χ4n) is 6.54. The van der Waals surface area contributed by atoms with E-state index in [1.54, 1.807) is 12.4 Å². The summed E-state index contributed by atoms with van der Waals surface area (Å²) >= 11 is 0. The zero-order valence-corrected chi connectivity index (χ0v) is 31.1. The molecule has 7 rings (SSSR count). The lowest BCUT2D eigenvalue weighted by atomic mass is 9.97. The van der Waals surface area contributed by atoms with Gasteiger partial charge in [-0.25, -0.2) is 41.3 Å². The molecule has 18 heteroatoms. The molecule has 1 aliphatic carbocycles. The highest BCUT2D eigenvalue weighted by atomic mass is 32.2. The van der Waals surface area contributed by atoms with Crippen LogP contribution < -0.4 is 21.3 Å². The highest BCUT2D eigenvalue weighted by Gasteiger charge is 2.29. The van der Waals surface area contributed by atoms with Gasteiger partial charge < -0.3 is 10.1 Å². The van der Waals surface area contributed by atoms with Crippen molar-refractivity contribution in [3.05, 3.63) is 136 Å². The Labute approximate surface area is 323 Å². The molecule has 1 amide bonds. The van der Waals surface area contributed by atoms with Crippen molar-refractivity contribution < 1.29 is 31.5 Å². The standard InChI is InChI=1S/C39H34F2N8O7S/c1-48-35-21-42-14-13-29(35)37(51)49(39(48)53)26-10-9-25(45-20-26)15-34(38(52)56-27-5-3-2-4-6-27)46-36(50)30-16-32(41)33(17-31(30)40)47-57(54,55)28-11-7-23(8-12-28)24-18-43-22-44-19-24/h7-14,16-22,27,34,47H,2-6,15H2,1H3,(H,46,50)/t34-/m0/s1. The Hall–Kier alpha value is -6.69. The van der Waals surface area contributed by atoms with Gasteiger partial charge in [0.15, 0.2) is 0 Å². The molecule has 6 aromatic rings. The van der Waals surface area contributed by atoms with E-state index < -0.39 is 68.2 Å². The summed E-state index contributed by atoms with van der Waals surface area (Å²) in [6.45, 7) is 0. The molecule has 15 nitrogen and oxygen atoms in total. The molecule has 0 spiro atoms. The highest BCUT2D eigenvalue weighted by Crippen LogP contribution is 2.26. The van der Waals surface area contributed by atoms with E-state index in [1.807, 2.05) is 4.72 Å². The van der Waals surface area contributed by atoms with Crippen LogP contribution in [0, 0.1) is 11.6 Å². The Morgan fingerprint density at radius 3 is 2.33 bits per heavy atom. The van der Waals surface area contributed by atoms with Crippen LogP contribution in [-0.2, 0) is 33.0 Å². The predicted octanol–water partition coefficient (Wildman–Crippen LogP) is 4.23. The van der Waals surface area contributed by atoms with E-state index in [4.69, 9.17) is 4.74 Å². The normalized spacial score (nSPS) is 13.9. The number of nitrogens with zero attached hydrogens (tertiary/aromatic N) is 6. The summed E-state index contributed by atoms with van der Waals surface area (Å²) in [5.41, 5.74) is -0.801. The van der Waals surface area contributed by atoms with Crippen LogP contribution in [0.1, 0.15) is 48.2 Å². The van der Waals surface area contributed by atoms with Gasteiger partial charge in [0.25, 0.3) is 21.5 Å². The molecular formula is C39H34F2N8O7S. The molecule has 0 unspecified atom stereocenters. The first-order chi connectivity index (χ1) is 27.4. The number of fused-ring (bicyclic) bond motifs is 1. The third-order valence-electron chi connectivity index (χ3n) is 9.58. The van der Waals surface area contributed by atoms with Gasteiger partial charge in [-0.05, 0) is 67.6 Å². The number of aromatic nitrogens is 6. The molecule has 0 saturated heterocycles. The van der Waals surface area contributed by atoms with Gasteiger partial charge in [0.1, 0.15) is 30.1 Å². The number of hydrogen-bond donors (Lipinski definition) is 2. The molecule has 1 saturated carbocycles. The fourth-order valence-corrected chi connectivity index (χ4v) is 7.60. The summed E-state index contributed by atoms with van der Waals surface area (Å²) in [7, 11) is -2.90. The molecule has 0 radical (unpaired) electrons. The topological polar surface area (TPSA) is 197 Å². The average Bonchev–Trinajstić information content (AvgIpc) is 3.22. The van der Waals surface area contributed by atoms with Crippen LogP contribution in [0.3, 0.4) is 0 Å². The summed E-state index contributed by atoms with van der Waals surface area (Å²) < 4.78 is 67.0. The van der Waals surface area contributed by atoms with Crippen LogP contribution >= 0.6 is 0 Å². The summed E-state index contributed by atoms with van der Waals surface area (Å²) in [5.74, 6) is -4.53. The quantitative estimate of drug-likeness (QED) is 0.178. The Bertz CT molecular complexity index is 2710. The van der Waals surface area contributed by atoms with Crippen molar-refractivity contribution in [2.24, 2.45) is 7.05 Å². The molecule has 292 valence electrons. The third-order valence-corrected chi connectivity index (χ3v) is 11.0. The zero-order valence-electron chi connectivity index (χ0n) is 30.3. The molecule has 57 heavy (non-hydrogen) atoms. The molecule has 1 aliphatic rings. The van der Waals surface area contributed by atoms with Crippen molar-refractivity contribution in [3.8, 4) is 16.8 Å². The Kier molecular flexibility index (Phi) is 11.0. The van der Waals surface area contributed by atoms with E-state index in [0.29, 0.717) is 41.6 Å². The van der Waals surface area contributed by atoms with E-state index in [1.165, 1.54) is 79.0 Å². The number of hydrogen-bond acceptors (Lipinski definition) is 11. The van der Waals surface area contributed by atoms with Crippen LogP contribution in [0.4, 0.5) is 14.5 Å². The van der Waals surface area contributed by atoms with Crippen LogP contribution in [0.25, 0.3) is 27.7 Å². The molecule has 0 bridgehead atoms. The Balaban J connectivity index is 1.11. The number of pyridine rings is 2. The van der Waals surface area contributed by atoms with Crippen LogP contribution in [0.2, 0.25) is 0 Å². The second kappa shape index (κ2) is 16.2. The summed E-state index contributed by atoms with van der Waals surface area (Å²) in [4.78, 5) is 69.3. The minimum Gasteiger partial charge on any atom is -0.461 e. The first kappa shape index (κ1) is 38.6. The number of aryl methyl sites for hydroxylation is 1. The molecule has 0 aliphatic heterocycles. The molecule has 1 atom stereocenters. The maximum Gasteiger partial charge on any atom is 0.335 e. The van der Waals surface area contributed by atoms with E-state index >= 15 is 8.78 Å². The minimum atomic E-state index is -4.40. The van der Waals surface area contributed by atoms with Crippen LogP contribution in [0.5, 0.6) is 0 Å². The summed E-state index contributed by atoms with van der Waals surface area (Å²) in [6, 6.07) is 9.58. The smallest absolute Gasteiger partial charge is 0.335 e. The fraction of sp³-hybridized carbons (Fsp3) is 0.231. The number of amides is 1. The number of sulfonamides is 1. The van der Waals surface area contributed by atoms with Crippen molar-refractivity contribution in [2.45, 2.75) is 55.6 Å². The van der Waals surface area contributed by atoms with E-state index in [0.717, 1.165) is 23.8 Å². The summed E-state index contributed by atoms with van der Waals surface area (Å²) in [5, 5.41) is 2.67. The number of carbonyl (C=O) groups excluding carboxylic acids is 2. The number of rotatable bonds is 11. The zero-order chi connectivity index (χ0) is 40.3. The second-order valence-corrected chi connectivity index (χ2v) is 15.1. The monoisotopic (exact) mass is 796 g/mol. The predicted molar refractivity (Wildman–Crippen MR) is 203 cm³/mol. The van der Waals surface area contributed by atoms with Gasteiger partial charge in [-0.15, -0.1) is 0 Å². The third kappa shape index (κ3) is 8.30. The van der Waals surface area contributed by atoms with Gasteiger partial charge >= 0.3 is 11.7 Å². The van der Waals surface area contributed by atoms with Crippen molar-refractivity contribution in [1.82, 2.24) is 34.4 Å². The van der Waals surface area contributed by atoms with Gasteiger partial charge in [0.2, 0.25) is 0 Å². The number of benzene rings is 2. The van der Waals surface area contributed by atoms with Crippen molar-refractivity contribution in [1.29, 1.82) is 0 Å². The molecule has 4 heterocycles. The number of esters is 1. The first-order valence-electron chi connectivity index (χ1n) is 17.8. The molecule has 2 aromatic carbocycles. The summed E-state index contributed by atoms with van der Waals surface area (Å²) in [6.07, 6.45) is 11.8. The van der Waals surface area contributed by atoms with Crippen molar-refractivity contribution in [2.75, 3.05) is 4.72 Å². The molecule has 4 aromatic heterocycles. The average molecular weight is 797 g/mol. The number of halogens is 2. The molecule has 2 N–H and O–H groups in total. The second-order valence-electron chi connectivity index (χ2n) is 13.4. The Morgan fingerprint density at radius 2 is 1.63 bits per heavy atom. The Morgan fingerprint density at radius 1 is 0.895 bits per heavy atom. The maximum atomic E-state index is 15.5. The van der Waals surface area contributed by atoms with Gasteiger partial charge in [-0.2, -0.15) is 0 Å². The van der Waals surface area contributed by atoms with Gasteiger partial charge in [-0.3, -0.25) is 28.8 Å². The van der Waals surface area contributed by atoms with Gasteiger partial charge in [0, 0.05) is 49.4 Å². The number of anilines is 1. The van der Waals surface area contributed by atoms with Crippen molar-refractivity contribution >= 4 is 38.5 Å². The molecular weight excluding hydrogens is 763 g/mol. The number of nitrogens with one attached hydrogen (secondary N) is 2. The van der Waals surface area contributed by atoms with Gasteiger partial charge in [-0.1, -0.05) is 18.6 Å². The highest BCUT2D eigenvalue weighted by molar-refractivity contribution is 7.92. The van der Waals surface area contributed by atoms with Crippen molar-refractivity contribution in [3.63, 3.8) is 0 Å². The lowest BCUT2D eigenvalue weighted by Gasteiger charge is -2.25. The van der Waals surface area contributed by atoms with E-state index in [2.05, 4.69) is 25.3 Å². The lowest BCUT2D eigenvalue weighted by molar-refractivity contribution is -0.152. The largest absolute Gasteiger partial charge is 0.461 e. The van der Waals surface area contributed by atoms with Crippen LogP contribution in [-0.4, -0.2) is 61.5 Å². The minimum absolute atomic E-state index is 0.140. The molecule has 1 fully saturated rings. The van der Waals surface area contributed by atoms with Crippen LogP contribution in [0.15, 0.2) is 106 Å². The first-order valence-corrected chi connectivity index (χ1v) is 19.3.